The fraction of sp³-hybridized carbons (Fsp3) is 0.245. The molecule has 0 aliphatic carbocycles. The van der Waals surface area contributed by atoms with E-state index in [4.69, 9.17) is 23.4 Å². The Morgan fingerprint density at radius 2 is 0.635 bits per heavy atom. The molecule has 10 aromatic carbocycles. The summed E-state index contributed by atoms with van der Waals surface area (Å²) < 4.78 is 39.9. The Hall–Kier alpha value is -4.98. The van der Waals surface area contributed by atoms with Gasteiger partial charge in [0.1, 0.15) is 0 Å². The second kappa shape index (κ2) is 17.2. The molecule has 1 atom stereocenters. The van der Waals surface area contributed by atoms with Crippen molar-refractivity contribution in [3.05, 3.63) is 144 Å². The number of hydrogen-bond donors (Lipinski definition) is 3. The SMILES string of the molecule is CCCCc1ccc2c3cccc4c(CCCOP(=O)(O)OCCCc5ccc6c7cccc8c(CCCOP(=O)(O)O)ccc(c9cccc5c96)c87)ccc(c5cccc1c25)c43. The molecule has 0 bridgehead atoms. The predicted octanol–water partition coefficient (Wildman–Crippen LogP) is 13.9. The second-order valence-electron chi connectivity index (χ2n) is 16.9. The van der Waals surface area contributed by atoms with E-state index in [1.54, 1.807) is 0 Å². The topological polar surface area (TPSA) is 123 Å². The quantitative estimate of drug-likeness (QED) is 0.0337. The summed E-state index contributed by atoms with van der Waals surface area (Å²) in [4.78, 5) is 28.8. The highest BCUT2D eigenvalue weighted by atomic mass is 31.2. The molecular formula is C53H50O8P2. The maximum absolute atomic E-state index is 13.0. The molecule has 1 unspecified atom stereocenters. The summed E-state index contributed by atoms with van der Waals surface area (Å²) in [6, 6.07) is 43.7. The van der Waals surface area contributed by atoms with Crippen LogP contribution in [0.15, 0.2) is 121 Å². The van der Waals surface area contributed by atoms with E-state index in [0.29, 0.717) is 38.5 Å². The molecule has 0 amide bonds. The second-order valence-corrected chi connectivity index (χ2v) is 19.6. The molecule has 0 radical (unpaired) electrons. The van der Waals surface area contributed by atoms with Crippen LogP contribution in [0, 0.1) is 0 Å². The molecule has 63 heavy (non-hydrogen) atoms. The van der Waals surface area contributed by atoms with Crippen LogP contribution in [-0.2, 0) is 48.4 Å². The Kier molecular flexibility index (Phi) is 11.5. The summed E-state index contributed by atoms with van der Waals surface area (Å²) in [6.45, 7) is 2.42. The van der Waals surface area contributed by atoms with Gasteiger partial charge in [-0.1, -0.05) is 135 Å². The molecule has 0 fully saturated rings. The molecule has 0 saturated carbocycles. The van der Waals surface area contributed by atoms with E-state index in [1.165, 1.54) is 77.8 Å². The molecule has 0 aliphatic rings. The van der Waals surface area contributed by atoms with Crippen LogP contribution in [0.3, 0.4) is 0 Å². The molecule has 0 aromatic heterocycles. The summed E-state index contributed by atoms with van der Waals surface area (Å²) >= 11 is 0. The Morgan fingerprint density at radius 3 is 0.937 bits per heavy atom. The van der Waals surface area contributed by atoms with Gasteiger partial charge in [0.05, 0.1) is 19.8 Å². The van der Waals surface area contributed by atoms with Gasteiger partial charge in [0.2, 0.25) is 0 Å². The van der Waals surface area contributed by atoms with Gasteiger partial charge in [0.15, 0.2) is 0 Å². The van der Waals surface area contributed by atoms with Crippen molar-refractivity contribution in [2.75, 3.05) is 19.8 Å². The summed E-state index contributed by atoms with van der Waals surface area (Å²) in [5.41, 5.74) is 4.86. The molecule has 10 aromatic rings. The Labute approximate surface area is 365 Å². The number of phosphoric acid groups is 2. The van der Waals surface area contributed by atoms with Gasteiger partial charge >= 0.3 is 15.6 Å². The minimum Gasteiger partial charge on any atom is -0.303 e. The van der Waals surface area contributed by atoms with E-state index in [1.807, 2.05) is 0 Å². The highest BCUT2D eigenvalue weighted by Gasteiger charge is 2.22. The average Bonchev–Trinajstić information content (AvgIpc) is 3.28. The van der Waals surface area contributed by atoms with E-state index in [-0.39, 0.29) is 19.8 Å². The first-order valence-corrected chi connectivity index (χ1v) is 25.1. The maximum atomic E-state index is 13.0. The molecule has 0 aliphatic heterocycles. The third-order valence-electron chi connectivity index (χ3n) is 13.0. The Balaban J connectivity index is 0.796. The van der Waals surface area contributed by atoms with Crippen LogP contribution in [0.25, 0.3) is 86.2 Å². The predicted molar refractivity (Wildman–Crippen MR) is 259 cm³/mol. The first-order valence-electron chi connectivity index (χ1n) is 22.1. The zero-order valence-corrected chi connectivity index (χ0v) is 37.1. The molecule has 3 N–H and O–H groups in total. The standard InChI is InChI=1S/C53H50O8P2/c1-2-3-11-34-23-27-46-43-20-6-17-40-36(25-29-47(52(40)43)42-19-4-15-38(34)50(42)46)13-9-32-60-63(57,58)61-33-10-14-37-26-30-49-44-21-5-16-39-35(12-8-31-59-62(54,55)56)24-28-48(51(39)44)45-22-7-18-41(37)53(45)49/h4-7,15-30H,2-3,8-14,31-33H2,1H3,(H,57,58)(H2,54,55,56). The molecule has 0 spiro atoms. The van der Waals surface area contributed by atoms with Crippen molar-refractivity contribution in [3.63, 3.8) is 0 Å². The fourth-order valence-corrected chi connectivity index (χ4v) is 11.4. The Bertz CT molecular complexity index is 3370. The van der Waals surface area contributed by atoms with Crippen molar-refractivity contribution < 1.29 is 37.4 Å². The van der Waals surface area contributed by atoms with Gasteiger partial charge < -0.3 is 14.7 Å². The third kappa shape index (κ3) is 7.99. The van der Waals surface area contributed by atoms with Crippen molar-refractivity contribution in [1.82, 2.24) is 0 Å². The molecule has 0 heterocycles. The molecular weight excluding hydrogens is 827 g/mol. The minimum atomic E-state index is -4.50. The van der Waals surface area contributed by atoms with Crippen molar-refractivity contribution in [2.45, 2.75) is 64.7 Å². The van der Waals surface area contributed by atoms with Crippen LogP contribution in [0.5, 0.6) is 0 Å². The number of hydrogen-bond acceptors (Lipinski definition) is 5. The molecule has 320 valence electrons. The van der Waals surface area contributed by atoms with Gasteiger partial charge in [-0.15, -0.1) is 0 Å². The average molecular weight is 877 g/mol. The number of benzene rings is 10. The van der Waals surface area contributed by atoms with Gasteiger partial charge in [0, 0.05) is 0 Å². The van der Waals surface area contributed by atoms with E-state index >= 15 is 0 Å². The summed E-state index contributed by atoms with van der Waals surface area (Å²) in [6.07, 6.45) is 7.04. The third-order valence-corrected chi connectivity index (χ3v) is 14.6. The van der Waals surface area contributed by atoms with Crippen LogP contribution in [0.4, 0.5) is 0 Å². The largest absolute Gasteiger partial charge is 0.472 e. The van der Waals surface area contributed by atoms with E-state index in [9.17, 15) is 14.0 Å². The highest BCUT2D eigenvalue weighted by Crippen LogP contribution is 2.46. The van der Waals surface area contributed by atoms with Gasteiger partial charge in [0.25, 0.3) is 0 Å². The number of phosphoric ester groups is 2. The molecule has 10 rings (SSSR count). The van der Waals surface area contributed by atoms with Crippen molar-refractivity contribution in [3.8, 4) is 0 Å². The highest BCUT2D eigenvalue weighted by molar-refractivity contribution is 7.47. The van der Waals surface area contributed by atoms with Crippen LogP contribution in [-0.4, -0.2) is 34.5 Å². The maximum Gasteiger partial charge on any atom is 0.472 e. The van der Waals surface area contributed by atoms with Crippen LogP contribution < -0.4 is 0 Å². The molecule has 0 saturated heterocycles. The van der Waals surface area contributed by atoms with Gasteiger partial charge in [-0.05, 0) is 160 Å². The van der Waals surface area contributed by atoms with E-state index in [0.717, 1.165) is 49.9 Å². The first-order chi connectivity index (χ1) is 30.6. The van der Waals surface area contributed by atoms with Crippen molar-refractivity contribution in [2.24, 2.45) is 0 Å². The lowest BCUT2D eigenvalue weighted by Crippen LogP contribution is -2.01. The normalized spacial score (nSPS) is 13.7. The first kappa shape index (κ1) is 42.0. The van der Waals surface area contributed by atoms with Gasteiger partial charge in [-0.25, -0.2) is 9.13 Å². The van der Waals surface area contributed by atoms with Gasteiger partial charge in [-0.3, -0.25) is 13.6 Å². The molecule has 8 nitrogen and oxygen atoms in total. The zero-order valence-electron chi connectivity index (χ0n) is 35.3. The van der Waals surface area contributed by atoms with Crippen molar-refractivity contribution >= 4 is 102 Å². The van der Waals surface area contributed by atoms with Crippen LogP contribution in [0.2, 0.25) is 0 Å². The van der Waals surface area contributed by atoms with Crippen LogP contribution in [0.1, 0.15) is 61.3 Å². The summed E-state index contributed by atoms with van der Waals surface area (Å²) in [5, 5.41) is 19.5. The number of fused-ring (bicyclic) bond motifs is 4. The summed E-state index contributed by atoms with van der Waals surface area (Å²) in [5.74, 6) is 0. The van der Waals surface area contributed by atoms with Crippen molar-refractivity contribution in [1.29, 1.82) is 0 Å². The molecule has 10 heteroatoms. The number of unbranched alkanes of at least 4 members (excludes halogenated alkanes) is 1. The fourth-order valence-electron chi connectivity index (χ4n) is 10.3. The lowest BCUT2D eigenvalue weighted by Gasteiger charge is -2.18. The van der Waals surface area contributed by atoms with E-state index < -0.39 is 15.6 Å². The van der Waals surface area contributed by atoms with Crippen LogP contribution >= 0.6 is 15.6 Å². The monoisotopic (exact) mass is 876 g/mol. The smallest absolute Gasteiger partial charge is 0.303 e. The van der Waals surface area contributed by atoms with E-state index in [2.05, 4.69) is 128 Å². The number of rotatable bonds is 18. The minimum absolute atomic E-state index is 0.0193. The number of aryl methyl sites for hydroxylation is 4. The lowest BCUT2D eigenvalue weighted by molar-refractivity contribution is 0.147. The van der Waals surface area contributed by atoms with Gasteiger partial charge in [-0.2, -0.15) is 0 Å². The summed E-state index contributed by atoms with van der Waals surface area (Å²) in [7, 11) is -8.75. The zero-order chi connectivity index (χ0) is 43.3. The lowest BCUT2D eigenvalue weighted by atomic mass is 9.86. The Morgan fingerprint density at radius 1 is 0.365 bits per heavy atom.